The number of ether oxygens (including phenoxy) is 3. The van der Waals surface area contributed by atoms with Crippen LogP contribution in [0.4, 0.5) is 8.78 Å². The molecule has 0 aliphatic heterocycles. The van der Waals surface area contributed by atoms with E-state index in [9.17, 15) is 13.6 Å². The maximum Gasteiger partial charge on any atom is 0.387 e. The van der Waals surface area contributed by atoms with Gasteiger partial charge in [-0.05, 0) is 48.4 Å². The summed E-state index contributed by atoms with van der Waals surface area (Å²) >= 11 is 0. The van der Waals surface area contributed by atoms with Crippen molar-refractivity contribution in [3.8, 4) is 17.2 Å². The van der Waals surface area contributed by atoms with Crippen LogP contribution in [0.25, 0.3) is 0 Å². The number of hydrogen-bond acceptors (Lipinski definition) is 5. The minimum Gasteiger partial charge on any atom is -0.493 e. The van der Waals surface area contributed by atoms with Crippen LogP contribution in [0, 0.1) is 6.92 Å². The molecule has 26 heavy (non-hydrogen) atoms. The summed E-state index contributed by atoms with van der Waals surface area (Å²) in [5, 5.41) is 3.79. The molecule has 0 aliphatic rings. The van der Waals surface area contributed by atoms with E-state index in [1.54, 1.807) is 6.07 Å². The number of carbonyl (C=O) groups excluding carboxylic acids is 1. The minimum absolute atomic E-state index is 0.0877. The SMILES string of the molecule is COc1cc(/C=N/NC(=O)COc2cccc(C)c2)ccc1OC(F)F. The van der Waals surface area contributed by atoms with Gasteiger partial charge in [-0.3, -0.25) is 4.79 Å². The van der Waals surface area contributed by atoms with Crippen LogP contribution < -0.4 is 19.6 Å². The molecule has 0 aliphatic carbocycles. The molecular weight excluding hydrogens is 346 g/mol. The van der Waals surface area contributed by atoms with Crippen LogP contribution in [0.2, 0.25) is 0 Å². The third-order valence-corrected chi connectivity index (χ3v) is 3.17. The number of carbonyl (C=O) groups is 1. The van der Waals surface area contributed by atoms with Gasteiger partial charge in [0.1, 0.15) is 5.75 Å². The van der Waals surface area contributed by atoms with Gasteiger partial charge in [-0.15, -0.1) is 0 Å². The summed E-state index contributed by atoms with van der Waals surface area (Å²) < 4.78 is 39.2. The predicted molar refractivity (Wildman–Crippen MR) is 92.0 cm³/mol. The summed E-state index contributed by atoms with van der Waals surface area (Å²) in [6.45, 7) is -1.22. The van der Waals surface area contributed by atoms with Gasteiger partial charge in [-0.25, -0.2) is 5.43 Å². The van der Waals surface area contributed by atoms with Crippen molar-refractivity contribution in [2.24, 2.45) is 5.10 Å². The molecule has 0 saturated heterocycles. The Morgan fingerprint density at radius 2 is 2.04 bits per heavy atom. The van der Waals surface area contributed by atoms with Crippen LogP contribution in [-0.2, 0) is 4.79 Å². The van der Waals surface area contributed by atoms with Crippen molar-refractivity contribution in [2.75, 3.05) is 13.7 Å². The van der Waals surface area contributed by atoms with Crippen LogP contribution in [0.1, 0.15) is 11.1 Å². The number of nitrogens with zero attached hydrogens (tertiary/aromatic N) is 1. The molecular formula is C18H18F2N2O4. The Hall–Kier alpha value is -3.16. The molecule has 0 aromatic heterocycles. The van der Waals surface area contributed by atoms with Crippen LogP contribution in [0.15, 0.2) is 47.6 Å². The second kappa shape index (κ2) is 9.36. The lowest BCUT2D eigenvalue weighted by Gasteiger charge is -2.10. The van der Waals surface area contributed by atoms with E-state index in [1.807, 2.05) is 25.1 Å². The standard InChI is InChI=1S/C18H18F2N2O4/c1-12-4-3-5-14(8-12)25-11-17(23)22-21-10-13-6-7-15(26-18(19)20)16(9-13)24-2/h3-10,18H,11H2,1-2H3,(H,22,23)/b21-10+. The summed E-state index contributed by atoms with van der Waals surface area (Å²) in [7, 11) is 1.33. The number of aryl methyl sites for hydroxylation is 1. The highest BCUT2D eigenvalue weighted by Gasteiger charge is 2.10. The number of alkyl halides is 2. The highest BCUT2D eigenvalue weighted by molar-refractivity contribution is 5.83. The Kier molecular flexibility index (Phi) is 6.90. The molecule has 0 fully saturated rings. The quantitative estimate of drug-likeness (QED) is 0.577. The number of nitrogens with one attached hydrogen (secondary N) is 1. The van der Waals surface area contributed by atoms with E-state index in [2.05, 4.69) is 15.3 Å². The van der Waals surface area contributed by atoms with Gasteiger partial charge in [0.05, 0.1) is 13.3 Å². The summed E-state index contributed by atoms with van der Waals surface area (Å²) in [5.74, 6) is 0.189. The number of hydrogen-bond donors (Lipinski definition) is 1. The maximum atomic E-state index is 12.3. The lowest BCUT2D eigenvalue weighted by Crippen LogP contribution is -2.24. The summed E-state index contributed by atoms with van der Waals surface area (Å²) in [4.78, 5) is 11.7. The van der Waals surface area contributed by atoms with Crippen molar-refractivity contribution in [3.05, 3.63) is 53.6 Å². The van der Waals surface area contributed by atoms with Gasteiger partial charge in [0, 0.05) is 0 Å². The van der Waals surface area contributed by atoms with Gasteiger partial charge in [-0.2, -0.15) is 13.9 Å². The van der Waals surface area contributed by atoms with E-state index in [4.69, 9.17) is 9.47 Å². The molecule has 0 unspecified atom stereocenters. The molecule has 2 rings (SSSR count). The lowest BCUT2D eigenvalue weighted by atomic mass is 10.2. The van der Waals surface area contributed by atoms with E-state index in [1.165, 1.54) is 31.5 Å². The zero-order chi connectivity index (χ0) is 18.9. The average molecular weight is 364 g/mol. The zero-order valence-corrected chi connectivity index (χ0v) is 14.2. The highest BCUT2D eigenvalue weighted by atomic mass is 19.3. The third-order valence-electron chi connectivity index (χ3n) is 3.17. The maximum absolute atomic E-state index is 12.3. The molecule has 1 N–H and O–H groups in total. The summed E-state index contributed by atoms with van der Waals surface area (Å²) in [6.07, 6.45) is 1.35. The Morgan fingerprint density at radius 3 is 2.73 bits per heavy atom. The van der Waals surface area contributed by atoms with Crippen LogP contribution >= 0.6 is 0 Å². The third kappa shape index (κ3) is 6.04. The van der Waals surface area contributed by atoms with Crippen LogP contribution in [-0.4, -0.2) is 32.4 Å². The van der Waals surface area contributed by atoms with E-state index in [0.29, 0.717) is 11.3 Å². The number of methoxy groups -OCH3 is 1. The Morgan fingerprint density at radius 1 is 1.23 bits per heavy atom. The Bertz CT molecular complexity index is 782. The predicted octanol–water partition coefficient (Wildman–Crippen LogP) is 3.13. The van der Waals surface area contributed by atoms with Crippen molar-refractivity contribution in [3.63, 3.8) is 0 Å². The first kappa shape index (κ1) is 19.2. The first-order chi connectivity index (χ1) is 12.5. The fourth-order valence-electron chi connectivity index (χ4n) is 2.02. The van der Waals surface area contributed by atoms with Gasteiger partial charge in [0.25, 0.3) is 5.91 Å². The van der Waals surface area contributed by atoms with Crippen molar-refractivity contribution in [1.29, 1.82) is 0 Å². The van der Waals surface area contributed by atoms with Gasteiger partial charge in [0.15, 0.2) is 18.1 Å². The fraction of sp³-hybridized carbons (Fsp3) is 0.222. The molecule has 2 aromatic carbocycles. The highest BCUT2D eigenvalue weighted by Crippen LogP contribution is 2.28. The van der Waals surface area contributed by atoms with Crippen LogP contribution in [0.3, 0.4) is 0 Å². The zero-order valence-electron chi connectivity index (χ0n) is 14.2. The molecule has 6 nitrogen and oxygen atoms in total. The number of amides is 1. The van der Waals surface area contributed by atoms with Gasteiger partial charge < -0.3 is 14.2 Å². The van der Waals surface area contributed by atoms with Crippen molar-refractivity contribution >= 4 is 12.1 Å². The van der Waals surface area contributed by atoms with E-state index >= 15 is 0 Å². The topological polar surface area (TPSA) is 69.2 Å². The van der Waals surface area contributed by atoms with E-state index in [-0.39, 0.29) is 18.1 Å². The molecule has 0 atom stereocenters. The molecule has 0 bridgehead atoms. The van der Waals surface area contributed by atoms with E-state index in [0.717, 1.165) is 5.56 Å². The van der Waals surface area contributed by atoms with Crippen LogP contribution in [0.5, 0.6) is 17.2 Å². The lowest BCUT2D eigenvalue weighted by molar-refractivity contribution is -0.123. The number of halogens is 2. The monoisotopic (exact) mass is 364 g/mol. The number of rotatable bonds is 8. The summed E-state index contributed by atoms with van der Waals surface area (Å²) in [5.41, 5.74) is 3.87. The first-order valence-electron chi connectivity index (χ1n) is 7.62. The Labute approximate surface area is 149 Å². The second-order valence-corrected chi connectivity index (χ2v) is 5.19. The largest absolute Gasteiger partial charge is 0.493 e. The molecule has 0 radical (unpaired) electrons. The molecule has 0 spiro atoms. The van der Waals surface area contributed by atoms with E-state index < -0.39 is 12.5 Å². The Balaban J connectivity index is 1.88. The normalized spacial score (nSPS) is 10.8. The molecule has 0 saturated carbocycles. The first-order valence-corrected chi connectivity index (χ1v) is 7.62. The van der Waals surface area contributed by atoms with Crippen molar-refractivity contribution in [2.45, 2.75) is 13.5 Å². The molecule has 1 amide bonds. The number of hydrazone groups is 1. The average Bonchev–Trinajstić information content (AvgIpc) is 2.61. The molecule has 8 heteroatoms. The van der Waals surface area contributed by atoms with Gasteiger partial charge >= 0.3 is 6.61 Å². The summed E-state index contributed by atoms with van der Waals surface area (Å²) in [6, 6.07) is 11.6. The number of benzene rings is 2. The molecule has 138 valence electrons. The fourth-order valence-corrected chi connectivity index (χ4v) is 2.02. The van der Waals surface area contributed by atoms with Gasteiger partial charge in [-0.1, -0.05) is 12.1 Å². The van der Waals surface area contributed by atoms with Gasteiger partial charge in [0.2, 0.25) is 0 Å². The second-order valence-electron chi connectivity index (χ2n) is 5.19. The van der Waals surface area contributed by atoms with Crippen molar-refractivity contribution < 1.29 is 27.8 Å². The molecule has 0 heterocycles. The molecule has 2 aromatic rings. The minimum atomic E-state index is -2.95. The smallest absolute Gasteiger partial charge is 0.387 e. The van der Waals surface area contributed by atoms with Crippen molar-refractivity contribution in [1.82, 2.24) is 5.43 Å².